The van der Waals surface area contributed by atoms with Crippen LogP contribution < -0.4 is 10.6 Å². The summed E-state index contributed by atoms with van der Waals surface area (Å²) in [7, 11) is 0. The molecule has 1 aliphatic heterocycles. The lowest BCUT2D eigenvalue weighted by Gasteiger charge is -2.32. The predicted molar refractivity (Wildman–Crippen MR) is 84.9 cm³/mol. The number of carbonyl (C=O) groups is 2. The maximum absolute atomic E-state index is 12.8. The van der Waals surface area contributed by atoms with E-state index < -0.39 is 5.97 Å². The fraction of sp³-hybridized carbons (Fsp3) is 0.500. The number of hydrogen-bond acceptors (Lipinski definition) is 3. The molecule has 7 heteroatoms. The van der Waals surface area contributed by atoms with Crippen LogP contribution in [0.5, 0.6) is 0 Å². The van der Waals surface area contributed by atoms with Gasteiger partial charge in [-0.05, 0) is 50.1 Å². The summed E-state index contributed by atoms with van der Waals surface area (Å²) in [5, 5.41) is 14.2. The van der Waals surface area contributed by atoms with Crippen LogP contribution in [-0.4, -0.2) is 47.7 Å². The first-order valence-corrected chi connectivity index (χ1v) is 7.80. The molecule has 23 heavy (non-hydrogen) atoms. The Balaban J connectivity index is 1.66. The largest absolute Gasteiger partial charge is 0.481 e. The van der Waals surface area contributed by atoms with Crippen molar-refractivity contribution in [3.05, 3.63) is 30.1 Å². The molecule has 0 radical (unpaired) electrons. The summed E-state index contributed by atoms with van der Waals surface area (Å²) in [6.07, 6.45) is 2.52. The van der Waals surface area contributed by atoms with Gasteiger partial charge in [-0.2, -0.15) is 0 Å². The summed E-state index contributed by atoms with van der Waals surface area (Å²) in [5.41, 5.74) is 0.551. The molecule has 0 aliphatic carbocycles. The van der Waals surface area contributed by atoms with E-state index in [-0.39, 0.29) is 24.3 Å². The summed E-state index contributed by atoms with van der Waals surface area (Å²) in [6, 6.07) is 5.43. The van der Waals surface area contributed by atoms with Gasteiger partial charge in [0.05, 0.1) is 0 Å². The van der Waals surface area contributed by atoms with Crippen LogP contribution in [0.3, 0.4) is 0 Å². The van der Waals surface area contributed by atoms with Crippen LogP contribution in [-0.2, 0) is 4.79 Å². The van der Waals surface area contributed by atoms with Crippen molar-refractivity contribution in [2.75, 3.05) is 25.0 Å². The zero-order valence-electron chi connectivity index (χ0n) is 12.9. The van der Waals surface area contributed by atoms with Crippen molar-refractivity contribution < 1.29 is 19.1 Å². The molecular weight excluding hydrogens is 301 g/mol. The third kappa shape index (κ3) is 6.23. The van der Waals surface area contributed by atoms with Crippen LogP contribution in [0, 0.1) is 5.82 Å². The van der Waals surface area contributed by atoms with Crippen molar-refractivity contribution in [2.45, 2.75) is 31.7 Å². The maximum atomic E-state index is 12.8. The first-order valence-electron chi connectivity index (χ1n) is 7.80. The molecule has 1 aliphatic rings. The Bertz CT molecular complexity index is 528. The molecule has 0 bridgehead atoms. The summed E-state index contributed by atoms with van der Waals surface area (Å²) in [6.45, 7) is 2.48. The van der Waals surface area contributed by atoms with Crippen molar-refractivity contribution in [1.82, 2.24) is 10.2 Å². The average molecular weight is 323 g/mol. The maximum Gasteiger partial charge on any atom is 0.319 e. The van der Waals surface area contributed by atoms with E-state index in [1.807, 2.05) is 0 Å². The van der Waals surface area contributed by atoms with Gasteiger partial charge in [0.25, 0.3) is 0 Å². The van der Waals surface area contributed by atoms with Gasteiger partial charge in [0.2, 0.25) is 0 Å². The topological polar surface area (TPSA) is 81.7 Å². The molecule has 3 N–H and O–H groups in total. The van der Waals surface area contributed by atoms with Crippen molar-refractivity contribution in [2.24, 2.45) is 0 Å². The number of hydrogen-bond donors (Lipinski definition) is 3. The van der Waals surface area contributed by atoms with Crippen molar-refractivity contribution in [3.8, 4) is 0 Å². The fourth-order valence-corrected chi connectivity index (χ4v) is 2.64. The minimum absolute atomic E-state index is 0.103. The second kappa shape index (κ2) is 8.47. The third-order valence-electron chi connectivity index (χ3n) is 3.89. The number of nitrogens with one attached hydrogen (secondary N) is 2. The first-order chi connectivity index (χ1) is 11.0. The molecule has 0 aromatic heterocycles. The van der Waals surface area contributed by atoms with Crippen molar-refractivity contribution in [1.29, 1.82) is 0 Å². The number of halogens is 1. The highest BCUT2D eigenvalue weighted by atomic mass is 19.1. The van der Waals surface area contributed by atoms with Gasteiger partial charge in [-0.25, -0.2) is 9.18 Å². The SMILES string of the molecule is O=C(O)CCCN1CCC(NC(=O)Nc2ccc(F)cc2)CC1. The Morgan fingerprint density at radius 3 is 2.48 bits per heavy atom. The number of amides is 2. The second-order valence-corrected chi connectivity index (χ2v) is 5.72. The summed E-state index contributed by atoms with van der Waals surface area (Å²) in [5.74, 6) is -1.11. The van der Waals surface area contributed by atoms with Gasteiger partial charge in [0, 0.05) is 31.2 Å². The normalized spacial score (nSPS) is 16.0. The molecular formula is C16H22FN3O3. The highest BCUT2D eigenvalue weighted by Crippen LogP contribution is 2.12. The number of urea groups is 1. The van der Waals surface area contributed by atoms with Gasteiger partial charge in [0.15, 0.2) is 0 Å². The quantitative estimate of drug-likeness (QED) is 0.750. The van der Waals surface area contributed by atoms with Crippen molar-refractivity contribution >= 4 is 17.7 Å². The number of likely N-dealkylation sites (tertiary alicyclic amines) is 1. The Kier molecular flexibility index (Phi) is 6.34. The Labute approximate surface area is 134 Å². The molecule has 6 nitrogen and oxygen atoms in total. The van der Waals surface area contributed by atoms with Crippen molar-refractivity contribution in [3.63, 3.8) is 0 Å². The number of nitrogens with zero attached hydrogens (tertiary/aromatic N) is 1. The molecule has 0 spiro atoms. The van der Waals surface area contributed by atoms with Gasteiger partial charge in [0.1, 0.15) is 5.82 Å². The molecule has 1 saturated heterocycles. The summed E-state index contributed by atoms with van der Waals surface area (Å²) < 4.78 is 12.8. The molecule has 1 aromatic carbocycles. The molecule has 2 rings (SSSR count). The van der Waals surface area contributed by atoms with Crippen LogP contribution in [0.15, 0.2) is 24.3 Å². The zero-order chi connectivity index (χ0) is 16.7. The Morgan fingerprint density at radius 2 is 1.87 bits per heavy atom. The predicted octanol–water partition coefficient (Wildman–Crippen LogP) is 2.28. The van der Waals surface area contributed by atoms with Gasteiger partial charge in [-0.15, -0.1) is 0 Å². The van der Waals surface area contributed by atoms with Crippen LogP contribution in [0.4, 0.5) is 14.9 Å². The summed E-state index contributed by atoms with van der Waals surface area (Å²) in [4.78, 5) is 24.6. The number of benzene rings is 1. The number of carbonyl (C=O) groups excluding carboxylic acids is 1. The monoisotopic (exact) mass is 323 g/mol. The van der Waals surface area contributed by atoms with E-state index in [4.69, 9.17) is 5.11 Å². The molecule has 0 atom stereocenters. The molecule has 1 fully saturated rings. The molecule has 1 aromatic rings. The number of piperidine rings is 1. The summed E-state index contributed by atoms with van der Waals surface area (Å²) >= 11 is 0. The van der Waals surface area contributed by atoms with E-state index in [1.165, 1.54) is 24.3 Å². The van der Waals surface area contributed by atoms with E-state index in [1.54, 1.807) is 0 Å². The van der Waals surface area contributed by atoms with E-state index in [2.05, 4.69) is 15.5 Å². The Morgan fingerprint density at radius 1 is 1.22 bits per heavy atom. The standard InChI is InChI=1S/C16H22FN3O3/c17-12-3-5-13(6-4-12)18-16(23)19-14-7-10-20(11-8-14)9-1-2-15(21)22/h3-6,14H,1-2,7-11H2,(H,21,22)(H2,18,19,23). The minimum atomic E-state index is -0.765. The van der Waals surface area contributed by atoms with Crippen LogP contribution in [0.1, 0.15) is 25.7 Å². The number of rotatable bonds is 6. The molecule has 2 amide bonds. The van der Waals surface area contributed by atoms with E-state index in [9.17, 15) is 14.0 Å². The molecule has 0 saturated carbocycles. The highest BCUT2D eigenvalue weighted by molar-refractivity contribution is 5.89. The van der Waals surface area contributed by atoms with Crippen LogP contribution >= 0.6 is 0 Å². The van der Waals surface area contributed by atoms with E-state index in [0.717, 1.165) is 32.5 Å². The molecule has 126 valence electrons. The number of anilines is 1. The lowest BCUT2D eigenvalue weighted by molar-refractivity contribution is -0.137. The fourth-order valence-electron chi connectivity index (χ4n) is 2.64. The Hall–Kier alpha value is -2.15. The molecule has 0 unspecified atom stereocenters. The molecule has 1 heterocycles. The number of carboxylic acid groups (broad SMARTS) is 1. The number of carboxylic acids is 1. The van der Waals surface area contributed by atoms with Gasteiger partial charge < -0.3 is 20.6 Å². The first kappa shape index (κ1) is 17.2. The van der Waals surface area contributed by atoms with E-state index in [0.29, 0.717) is 12.1 Å². The minimum Gasteiger partial charge on any atom is -0.481 e. The third-order valence-corrected chi connectivity index (χ3v) is 3.89. The van der Waals surface area contributed by atoms with Gasteiger partial charge in [-0.1, -0.05) is 0 Å². The van der Waals surface area contributed by atoms with Crippen LogP contribution in [0.2, 0.25) is 0 Å². The average Bonchev–Trinajstić information content (AvgIpc) is 2.51. The second-order valence-electron chi connectivity index (χ2n) is 5.72. The van der Waals surface area contributed by atoms with Crippen LogP contribution in [0.25, 0.3) is 0 Å². The van der Waals surface area contributed by atoms with E-state index >= 15 is 0 Å². The smallest absolute Gasteiger partial charge is 0.319 e. The van der Waals surface area contributed by atoms with Gasteiger partial charge in [-0.3, -0.25) is 4.79 Å². The van der Waals surface area contributed by atoms with Gasteiger partial charge >= 0.3 is 12.0 Å². The lowest BCUT2D eigenvalue weighted by Crippen LogP contribution is -2.46. The zero-order valence-corrected chi connectivity index (χ0v) is 12.9. The highest BCUT2D eigenvalue weighted by Gasteiger charge is 2.20. The number of aliphatic carboxylic acids is 1. The lowest BCUT2D eigenvalue weighted by atomic mass is 10.0.